The fraction of sp³-hybridized carbons (Fsp3) is 0.125. The van der Waals surface area contributed by atoms with Crippen LogP contribution in [0.3, 0.4) is 0 Å². The van der Waals surface area contributed by atoms with Crippen LogP contribution in [0, 0.1) is 31.8 Å². The number of fused-ring (bicyclic) bond motifs is 2. The molecule has 28 heavy (non-hydrogen) atoms. The third-order valence-electron chi connectivity index (χ3n) is 4.51. The minimum absolute atomic E-state index is 0. The zero-order chi connectivity index (χ0) is 20.1. The van der Waals surface area contributed by atoms with Crippen LogP contribution in [-0.2, 0) is 31.3 Å². The molecule has 3 nitrogen and oxygen atoms in total. The fourth-order valence-corrected chi connectivity index (χ4v) is 3.63. The van der Waals surface area contributed by atoms with Crippen LogP contribution in [-0.4, -0.2) is 0 Å². The summed E-state index contributed by atoms with van der Waals surface area (Å²) < 4.78 is 22.5. The average molecular weight is 406 g/mol. The molecule has 0 heterocycles. The van der Waals surface area contributed by atoms with E-state index in [-0.39, 0.29) is 17.4 Å². The van der Waals surface area contributed by atoms with Crippen LogP contribution in [0.4, 0.5) is 0 Å². The summed E-state index contributed by atoms with van der Waals surface area (Å²) in [6.07, 6.45) is 10.3. The van der Waals surface area contributed by atoms with Crippen LogP contribution < -0.4 is 0 Å². The van der Waals surface area contributed by atoms with E-state index in [9.17, 15) is 0 Å². The molecule has 2 aliphatic rings. The van der Waals surface area contributed by atoms with E-state index in [1.807, 2.05) is 0 Å². The molecule has 0 spiro atoms. The second-order valence-corrected chi connectivity index (χ2v) is 5.78. The predicted octanol–water partition coefficient (Wildman–Crippen LogP) is 5.24. The van der Waals surface area contributed by atoms with E-state index in [1.165, 1.54) is 28.7 Å². The molecule has 0 aromatic heterocycles. The van der Waals surface area contributed by atoms with Crippen LogP contribution in [0.25, 0.3) is 11.1 Å². The monoisotopic (exact) mass is 406 g/mol. The summed E-state index contributed by atoms with van der Waals surface area (Å²) in [6.45, 7) is 13.5. The van der Waals surface area contributed by atoms with Gasteiger partial charge in [-0.25, -0.2) is 0 Å². The number of rotatable bonds is 2. The Kier molecular flexibility index (Phi) is 13.1. The summed E-state index contributed by atoms with van der Waals surface area (Å²) in [4.78, 5) is 0. The van der Waals surface area contributed by atoms with Gasteiger partial charge in [0.2, 0.25) is 0 Å². The molecule has 2 atom stereocenters. The number of allylic oxidation sites excluding steroid dienone is 6. The molecule has 4 heteroatoms. The number of benzene rings is 2. The Morgan fingerprint density at radius 3 is 1.21 bits per heavy atom. The first-order valence-corrected chi connectivity index (χ1v) is 8.24. The van der Waals surface area contributed by atoms with Crippen LogP contribution in [0.1, 0.15) is 17.5 Å². The summed E-state index contributed by atoms with van der Waals surface area (Å²) in [5.41, 5.74) is 5.74. The molecular formula is C24H18CrO3. The van der Waals surface area contributed by atoms with E-state index in [2.05, 4.69) is 105 Å². The van der Waals surface area contributed by atoms with E-state index in [0.717, 1.165) is 0 Å². The Balaban J connectivity index is 0.000000957. The maximum atomic E-state index is 7.50. The van der Waals surface area contributed by atoms with E-state index in [0.29, 0.717) is 11.8 Å². The van der Waals surface area contributed by atoms with Crippen LogP contribution in [0.5, 0.6) is 0 Å². The van der Waals surface area contributed by atoms with Crippen LogP contribution in [0.2, 0.25) is 0 Å². The first kappa shape index (κ1) is 25.4. The second-order valence-electron chi connectivity index (χ2n) is 5.78. The average Bonchev–Trinajstić information content (AvgIpc) is 2.96. The molecule has 2 aliphatic carbocycles. The first-order valence-electron chi connectivity index (χ1n) is 8.24. The minimum atomic E-state index is 0. The Labute approximate surface area is 176 Å². The minimum Gasteiger partial charge on any atom is 0 e. The van der Waals surface area contributed by atoms with Crippen LogP contribution in [0.15, 0.2) is 85.0 Å². The van der Waals surface area contributed by atoms with Gasteiger partial charge in [0.25, 0.3) is 0 Å². The van der Waals surface area contributed by atoms with Gasteiger partial charge in [-0.05, 0) is 28.7 Å². The molecule has 0 saturated heterocycles. The third kappa shape index (κ3) is 5.96. The molecular weight excluding hydrogens is 388 g/mol. The van der Waals surface area contributed by atoms with E-state index in [4.69, 9.17) is 14.0 Å². The van der Waals surface area contributed by atoms with E-state index in [1.54, 1.807) is 0 Å². The van der Waals surface area contributed by atoms with Gasteiger partial charge in [-0.3, -0.25) is 0 Å². The number of hydrogen-bond acceptors (Lipinski definition) is 0. The van der Waals surface area contributed by atoms with Gasteiger partial charge in [-0.1, -0.05) is 85.0 Å². The van der Waals surface area contributed by atoms with Gasteiger partial charge >= 0.3 is 33.9 Å². The van der Waals surface area contributed by atoms with Gasteiger partial charge in [-0.2, -0.15) is 0 Å². The SMILES string of the molecule is C1=C[C@@H]2C[C@H](C=C1)C(c1ccccc1)=C2c1ccccc1.[C-]#[O+].[C-]#[O+].[C-]#[O+].[Cr]. The Morgan fingerprint density at radius 1 is 0.571 bits per heavy atom. The van der Waals surface area contributed by atoms with Crippen LogP contribution >= 0.6 is 0 Å². The Bertz CT molecular complexity index is 781. The fourth-order valence-electron chi connectivity index (χ4n) is 3.63. The number of hydrogen-bond donors (Lipinski definition) is 0. The molecule has 2 aromatic carbocycles. The zero-order valence-electron chi connectivity index (χ0n) is 15.1. The topological polar surface area (TPSA) is 59.7 Å². The molecule has 0 N–H and O–H groups in total. The molecule has 138 valence electrons. The van der Waals surface area contributed by atoms with Crippen molar-refractivity contribution in [1.82, 2.24) is 0 Å². The summed E-state index contributed by atoms with van der Waals surface area (Å²) in [7, 11) is 0. The van der Waals surface area contributed by atoms with E-state index < -0.39 is 0 Å². The summed E-state index contributed by atoms with van der Waals surface area (Å²) in [5, 5.41) is 0. The second kappa shape index (κ2) is 14.5. The zero-order valence-corrected chi connectivity index (χ0v) is 16.4. The quantitative estimate of drug-likeness (QED) is 0.484. The van der Waals surface area contributed by atoms with Gasteiger partial charge in [-0.15, -0.1) is 0 Å². The molecule has 0 saturated carbocycles. The Hall–Kier alpha value is -2.59. The van der Waals surface area contributed by atoms with Crippen molar-refractivity contribution in [3.05, 3.63) is 116 Å². The van der Waals surface area contributed by atoms with Crippen molar-refractivity contribution in [3.8, 4) is 0 Å². The first-order chi connectivity index (χ1) is 13.4. The smallest absolute Gasteiger partial charge is 0 e. The molecule has 2 bridgehead atoms. The predicted molar refractivity (Wildman–Crippen MR) is 101 cm³/mol. The van der Waals surface area contributed by atoms with Crippen molar-refractivity contribution in [2.45, 2.75) is 6.42 Å². The van der Waals surface area contributed by atoms with Crippen molar-refractivity contribution in [2.75, 3.05) is 0 Å². The Morgan fingerprint density at radius 2 is 0.893 bits per heavy atom. The summed E-state index contributed by atoms with van der Waals surface area (Å²) in [6, 6.07) is 21.7. The normalized spacial score (nSPS) is 17.8. The molecule has 0 amide bonds. The summed E-state index contributed by atoms with van der Waals surface area (Å²) >= 11 is 0. The standard InChI is InChI=1S/C21H18.3CO.Cr/c1-3-9-16(10-4-1)20-18-13-7-8-14-19(15-18)21(20)17-11-5-2-6-12-17;3*1-2;/h1-14,18-19H,15H2;;;;/t18-,19+;;;;. The molecule has 2 aromatic rings. The van der Waals surface area contributed by atoms with Gasteiger partial charge in [0.1, 0.15) is 0 Å². The van der Waals surface area contributed by atoms with Crippen molar-refractivity contribution in [3.63, 3.8) is 0 Å². The van der Waals surface area contributed by atoms with Crippen molar-refractivity contribution < 1.29 is 31.3 Å². The van der Waals surface area contributed by atoms with Gasteiger partial charge in [0.05, 0.1) is 0 Å². The van der Waals surface area contributed by atoms with Gasteiger partial charge in [0, 0.05) is 29.2 Å². The maximum Gasteiger partial charge on any atom is 0 e. The summed E-state index contributed by atoms with van der Waals surface area (Å²) in [5.74, 6) is 1.06. The molecule has 0 aliphatic heterocycles. The van der Waals surface area contributed by atoms with Crippen molar-refractivity contribution in [1.29, 1.82) is 0 Å². The molecule has 0 fully saturated rings. The molecule has 0 radical (unpaired) electrons. The molecule has 0 unspecified atom stereocenters. The van der Waals surface area contributed by atoms with Crippen molar-refractivity contribution >= 4 is 11.1 Å². The van der Waals surface area contributed by atoms with Crippen molar-refractivity contribution in [2.24, 2.45) is 11.8 Å². The molecule has 4 rings (SSSR count). The van der Waals surface area contributed by atoms with Gasteiger partial charge < -0.3 is 0 Å². The van der Waals surface area contributed by atoms with Gasteiger partial charge in [0.15, 0.2) is 0 Å². The largest absolute Gasteiger partial charge is 0 e. The maximum absolute atomic E-state index is 7.50. The van der Waals surface area contributed by atoms with E-state index >= 15 is 0 Å². The third-order valence-corrected chi connectivity index (χ3v) is 4.51.